The maximum absolute atomic E-state index is 14.7. The Morgan fingerprint density at radius 1 is 1.15 bits per heavy atom. The first-order chi connectivity index (χ1) is 25.0. The van der Waals surface area contributed by atoms with Crippen molar-refractivity contribution in [3.8, 4) is 27.3 Å². The summed E-state index contributed by atoms with van der Waals surface area (Å²) in [6.45, 7) is 3.28. The van der Waals surface area contributed by atoms with Crippen molar-refractivity contribution in [2.75, 3.05) is 19.0 Å². The van der Waals surface area contributed by atoms with Crippen LogP contribution in [0.25, 0.3) is 15.8 Å². The zero-order chi connectivity index (χ0) is 36.8. The number of nitrogens with two attached hydrogens (primary N) is 1. The molecule has 3 saturated carbocycles. The van der Waals surface area contributed by atoms with Gasteiger partial charge in [0.2, 0.25) is 0 Å². The first-order valence-electron chi connectivity index (χ1n) is 18.4. The first kappa shape index (κ1) is 36.7. The fraction of sp³-hybridized carbons (Fsp3) is 0.512. The number of aliphatic hydroxyl groups excluding tert-OH is 3. The molecule has 2 aromatic heterocycles. The van der Waals surface area contributed by atoms with Crippen molar-refractivity contribution in [3.63, 3.8) is 0 Å². The molecule has 276 valence electrons. The number of aromatic hydroxyl groups is 1. The quantitative estimate of drug-likeness (QED) is 0.0575. The van der Waals surface area contributed by atoms with Crippen molar-refractivity contribution in [2.45, 2.75) is 89.5 Å². The SMILES string of the molecule is CC#Cc1ccc(-c2ccc(C(=O)[C@@H]3CC[C@@]4([C@@H](Cc5cc(O)c6c(c5)N[C@H]([C@H](C)O)C=C6)NC(N)=NC)CC[C@@H]5C[C@@H]([C@H](O)CO)C[C@]53C4)s2)s1. The lowest BCUT2D eigenvalue weighted by Crippen LogP contribution is -2.60. The molecule has 4 aliphatic rings. The van der Waals surface area contributed by atoms with Crippen molar-refractivity contribution < 1.29 is 25.2 Å². The van der Waals surface area contributed by atoms with Gasteiger partial charge >= 0.3 is 0 Å². The number of aliphatic hydroxyl groups is 3. The first-order valence-corrected chi connectivity index (χ1v) is 20.1. The van der Waals surface area contributed by atoms with Gasteiger partial charge in [-0.1, -0.05) is 18.1 Å². The predicted octanol–water partition coefficient (Wildman–Crippen LogP) is 6.02. The molecular weight excluding hydrogens is 693 g/mol. The van der Waals surface area contributed by atoms with Gasteiger partial charge in [0.05, 0.1) is 34.6 Å². The monoisotopic (exact) mass is 742 g/mol. The highest BCUT2D eigenvalue weighted by molar-refractivity contribution is 7.23. The summed E-state index contributed by atoms with van der Waals surface area (Å²) in [6.07, 6.45) is 8.57. The van der Waals surface area contributed by atoms with Gasteiger partial charge in [0.15, 0.2) is 11.7 Å². The van der Waals surface area contributed by atoms with Crippen molar-refractivity contribution in [1.82, 2.24) is 5.32 Å². The molecule has 3 aliphatic carbocycles. The number of guanidine groups is 1. The molecule has 2 bridgehead atoms. The fourth-order valence-corrected chi connectivity index (χ4v) is 12.1. The summed E-state index contributed by atoms with van der Waals surface area (Å²) in [6, 6.07) is 11.6. The number of rotatable bonds is 10. The van der Waals surface area contributed by atoms with E-state index < -0.39 is 12.2 Å². The van der Waals surface area contributed by atoms with Crippen LogP contribution < -0.4 is 16.4 Å². The molecule has 9 atom stereocenters. The average molecular weight is 743 g/mol. The van der Waals surface area contributed by atoms with E-state index in [1.165, 1.54) is 0 Å². The number of hydrogen-bond donors (Lipinski definition) is 7. The Bertz CT molecular complexity index is 1940. The number of nitrogens with zero attached hydrogens (tertiary/aromatic N) is 1. The summed E-state index contributed by atoms with van der Waals surface area (Å²) in [5, 5.41) is 49.3. The Kier molecular flexibility index (Phi) is 10.3. The molecule has 3 fully saturated rings. The number of carbonyl (C=O) groups is 1. The van der Waals surface area contributed by atoms with Gasteiger partial charge in [-0.2, -0.15) is 0 Å². The summed E-state index contributed by atoms with van der Waals surface area (Å²) in [5.74, 6) is 6.78. The number of aliphatic imine (C=N–C) groups is 1. The second-order valence-corrected chi connectivity index (χ2v) is 17.6. The van der Waals surface area contributed by atoms with Crippen molar-refractivity contribution in [3.05, 3.63) is 63.4 Å². The van der Waals surface area contributed by atoms with Gasteiger partial charge in [-0.05, 0) is 130 Å². The number of nitrogens with one attached hydrogen (secondary N) is 2. The summed E-state index contributed by atoms with van der Waals surface area (Å²) in [5.41, 5.74) is 8.26. The van der Waals surface area contributed by atoms with Crippen molar-refractivity contribution in [1.29, 1.82) is 0 Å². The third-order valence-corrected chi connectivity index (χ3v) is 14.9. The van der Waals surface area contributed by atoms with Crippen LogP contribution in [0.4, 0.5) is 5.69 Å². The van der Waals surface area contributed by atoms with E-state index in [1.807, 2.05) is 37.3 Å². The van der Waals surface area contributed by atoms with Crippen LogP contribution in [0.2, 0.25) is 0 Å². The number of hydrogen-bond acceptors (Lipinski definition) is 9. The highest BCUT2D eigenvalue weighted by Gasteiger charge is 2.64. The molecule has 52 heavy (non-hydrogen) atoms. The minimum atomic E-state index is -0.818. The Morgan fingerprint density at radius 2 is 1.92 bits per heavy atom. The zero-order valence-electron chi connectivity index (χ0n) is 30.1. The summed E-state index contributed by atoms with van der Waals surface area (Å²) in [4.78, 5) is 23.0. The Labute approximate surface area is 314 Å². The Morgan fingerprint density at radius 3 is 2.67 bits per heavy atom. The molecule has 0 saturated heterocycles. The van der Waals surface area contributed by atoms with Crippen LogP contribution in [0.5, 0.6) is 5.75 Å². The average Bonchev–Trinajstić information content (AvgIpc) is 3.90. The minimum absolute atomic E-state index is 0.0745. The third-order valence-electron chi connectivity index (χ3n) is 12.6. The molecule has 1 spiro atoms. The topological polar surface area (TPSA) is 160 Å². The normalized spacial score (nSPS) is 29.5. The van der Waals surface area contributed by atoms with Crippen LogP contribution in [0.15, 0.2) is 47.5 Å². The summed E-state index contributed by atoms with van der Waals surface area (Å²) < 4.78 is 0. The maximum Gasteiger partial charge on any atom is 0.188 e. The van der Waals surface area contributed by atoms with Crippen LogP contribution in [0, 0.1) is 40.4 Å². The number of phenolic OH excluding ortho intramolecular Hbond substituents is 1. The molecule has 7 rings (SSSR count). The molecule has 11 heteroatoms. The van der Waals surface area contributed by atoms with Gasteiger partial charge in [-0.25, -0.2) is 0 Å². The lowest BCUT2D eigenvalue weighted by atomic mass is 9.45. The lowest BCUT2D eigenvalue weighted by molar-refractivity contribution is -0.0786. The molecule has 0 radical (unpaired) electrons. The number of ketones is 1. The van der Waals surface area contributed by atoms with Gasteiger partial charge < -0.3 is 36.8 Å². The smallest absolute Gasteiger partial charge is 0.188 e. The third kappa shape index (κ3) is 6.69. The van der Waals surface area contributed by atoms with Crippen LogP contribution in [-0.4, -0.2) is 70.1 Å². The second-order valence-electron chi connectivity index (χ2n) is 15.5. The number of benzene rings is 1. The number of fused-ring (bicyclic) bond motifs is 2. The maximum atomic E-state index is 14.7. The number of Topliss-reactive ketones (excluding diaryl/α,β-unsaturated/α-hetero) is 1. The molecule has 8 N–H and O–H groups in total. The molecule has 3 heterocycles. The van der Waals surface area contributed by atoms with Gasteiger partial charge in [-0.15, -0.1) is 28.6 Å². The molecule has 0 amide bonds. The molecule has 1 aromatic carbocycles. The predicted molar refractivity (Wildman–Crippen MR) is 210 cm³/mol. The van der Waals surface area contributed by atoms with Crippen LogP contribution in [-0.2, 0) is 6.42 Å². The van der Waals surface area contributed by atoms with Gasteiger partial charge in [0, 0.05) is 40.0 Å². The second kappa shape index (κ2) is 14.6. The van der Waals surface area contributed by atoms with E-state index in [-0.39, 0.29) is 58.8 Å². The van der Waals surface area contributed by atoms with E-state index in [0.29, 0.717) is 24.4 Å². The van der Waals surface area contributed by atoms with E-state index in [4.69, 9.17) is 5.73 Å². The van der Waals surface area contributed by atoms with Crippen molar-refractivity contribution >= 4 is 46.2 Å². The summed E-state index contributed by atoms with van der Waals surface area (Å²) >= 11 is 3.19. The van der Waals surface area contributed by atoms with Crippen LogP contribution in [0.3, 0.4) is 0 Å². The van der Waals surface area contributed by atoms with Crippen LogP contribution in [0.1, 0.15) is 84.5 Å². The molecular formula is C41H50N4O5S2. The van der Waals surface area contributed by atoms with Crippen LogP contribution >= 0.6 is 22.7 Å². The standard InChI is InChI=1S/C41H50N4O5S2/c1-4-5-27-6-9-34(51-27)35-10-11-36(52-35)38(50)29-13-15-40(14-12-26-19-25(33(49)21-46)20-41(26,29)22-40)37(45-39(42)43-3)18-24-16-31-28(32(48)17-24)7-8-30(44-31)23(2)47/h6-11,16-17,23,25-26,29-30,33,37,44,46-49H,12-15,18-22H2,1-3H3,(H3,42,43,45)/t23-,25+,26+,29-,30-,33+,37+,40-,41-/m0/s1. The lowest BCUT2D eigenvalue weighted by Gasteiger charge is -2.60. The number of phenols is 1. The highest BCUT2D eigenvalue weighted by Crippen LogP contribution is 2.69. The summed E-state index contributed by atoms with van der Waals surface area (Å²) in [7, 11) is 1.67. The van der Waals surface area contributed by atoms with Gasteiger partial charge in [-0.3, -0.25) is 9.79 Å². The number of thiophene rings is 2. The minimum Gasteiger partial charge on any atom is -0.507 e. The number of anilines is 1. The number of carbonyl (C=O) groups excluding carboxylic acids is 1. The van der Waals surface area contributed by atoms with E-state index in [9.17, 15) is 25.2 Å². The van der Waals surface area contributed by atoms with Gasteiger partial charge in [0.1, 0.15) is 5.75 Å². The van der Waals surface area contributed by atoms with Gasteiger partial charge in [0.25, 0.3) is 0 Å². The fourth-order valence-electron chi connectivity index (χ4n) is 10.1. The molecule has 9 nitrogen and oxygen atoms in total. The van der Waals surface area contributed by atoms with E-state index >= 15 is 0 Å². The van der Waals surface area contributed by atoms with Crippen molar-refractivity contribution in [2.24, 2.45) is 39.3 Å². The largest absolute Gasteiger partial charge is 0.507 e. The molecule has 0 unspecified atom stereocenters. The van der Waals surface area contributed by atoms with E-state index in [0.717, 1.165) is 69.3 Å². The Balaban J connectivity index is 1.22. The zero-order valence-corrected chi connectivity index (χ0v) is 31.7. The molecule has 1 aliphatic heterocycles. The highest BCUT2D eigenvalue weighted by atomic mass is 32.1. The molecule has 3 aromatic rings. The Hall–Kier alpha value is -3.66. The van der Waals surface area contributed by atoms with E-state index in [2.05, 4.69) is 45.7 Å². The van der Waals surface area contributed by atoms with E-state index in [1.54, 1.807) is 36.6 Å².